The Kier molecular flexibility index (Phi) is 5.27. The largest absolute Gasteiger partial charge is 0.481 e. The van der Waals surface area contributed by atoms with Crippen LogP contribution in [0.1, 0.15) is 12.6 Å². The third-order valence-electron chi connectivity index (χ3n) is 5.05. The summed E-state index contributed by atoms with van der Waals surface area (Å²) in [6.07, 6.45) is 2.45. The number of carbonyl (C=O) groups excluding carboxylic acids is 1. The average Bonchev–Trinajstić information content (AvgIpc) is 3.43. The zero-order valence-corrected chi connectivity index (χ0v) is 18.1. The summed E-state index contributed by atoms with van der Waals surface area (Å²) in [5.74, 6) is 1.32. The van der Waals surface area contributed by atoms with E-state index in [0.29, 0.717) is 28.4 Å². The highest BCUT2D eigenvalue weighted by Gasteiger charge is 2.20. The van der Waals surface area contributed by atoms with Crippen LogP contribution in [0.15, 0.2) is 79.3 Å². The lowest BCUT2D eigenvalue weighted by molar-refractivity contribution is -0.122. The number of carbonyl (C=O) groups is 1. The zero-order chi connectivity index (χ0) is 22.8. The molecule has 0 aliphatic heterocycles. The first kappa shape index (κ1) is 20.4. The van der Waals surface area contributed by atoms with Crippen LogP contribution < -0.4 is 10.1 Å². The van der Waals surface area contributed by atoms with E-state index in [1.54, 1.807) is 40.7 Å². The first-order valence-corrected chi connectivity index (χ1v) is 10.4. The summed E-state index contributed by atoms with van der Waals surface area (Å²) in [6.45, 7) is 3.55. The molecule has 1 atom stereocenters. The number of hydrogen-bond acceptors (Lipinski definition) is 6. The Morgan fingerprint density at radius 3 is 2.48 bits per heavy atom. The summed E-state index contributed by atoms with van der Waals surface area (Å²) in [5, 5.41) is 12.6. The molecule has 5 aromatic rings. The number of hydrogen-bond donors (Lipinski definition) is 1. The van der Waals surface area contributed by atoms with Gasteiger partial charge in [0.05, 0.1) is 23.0 Å². The summed E-state index contributed by atoms with van der Waals surface area (Å²) >= 11 is 0. The van der Waals surface area contributed by atoms with Crippen molar-refractivity contribution < 1.29 is 9.53 Å². The average molecular weight is 439 g/mol. The van der Waals surface area contributed by atoms with Gasteiger partial charge >= 0.3 is 0 Å². The first-order valence-electron chi connectivity index (χ1n) is 10.4. The fourth-order valence-corrected chi connectivity index (χ4v) is 3.49. The number of rotatable bonds is 6. The van der Waals surface area contributed by atoms with Gasteiger partial charge in [-0.2, -0.15) is 14.9 Å². The molecular weight excluding hydrogens is 418 g/mol. The summed E-state index contributed by atoms with van der Waals surface area (Å²) in [5.41, 5.74) is 2.25. The fraction of sp³-hybridized carbons (Fsp3) is 0.125. The smallest absolute Gasteiger partial charge is 0.266 e. The number of nitrogens with one attached hydrogen (secondary N) is 1. The number of ether oxygens (including phenoxy) is 1. The molecule has 33 heavy (non-hydrogen) atoms. The highest BCUT2D eigenvalue weighted by Crippen LogP contribution is 2.24. The minimum absolute atomic E-state index is 0.301. The van der Waals surface area contributed by atoms with Crippen molar-refractivity contribution in [3.8, 4) is 17.3 Å². The molecule has 3 heterocycles. The molecule has 3 aromatic heterocycles. The maximum Gasteiger partial charge on any atom is 0.266 e. The minimum Gasteiger partial charge on any atom is -0.481 e. The molecule has 164 valence electrons. The first-order chi connectivity index (χ1) is 16.1. The summed E-state index contributed by atoms with van der Waals surface area (Å²) < 4.78 is 9.07. The van der Waals surface area contributed by atoms with Gasteiger partial charge in [0.25, 0.3) is 5.91 Å². The minimum atomic E-state index is -0.706. The van der Waals surface area contributed by atoms with Crippen LogP contribution in [0, 0.1) is 6.92 Å². The van der Waals surface area contributed by atoms with E-state index in [0.717, 1.165) is 11.4 Å². The maximum absolute atomic E-state index is 12.8. The quantitative estimate of drug-likeness (QED) is 0.433. The van der Waals surface area contributed by atoms with Crippen LogP contribution in [-0.4, -0.2) is 41.5 Å². The standard InChI is InChI=1S/C24H21N7O2/c1-16-13-21(28-24(32)17(2)33-19-11-7-4-8-12-19)31(29-16)23-20-14-27-30(22(20)25-15-26-23)18-9-5-3-6-10-18/h3-15,17H,1-2H3,(H,28,32)/t17-/m0/s1. The van der Waals surface area contributed by atoms with Gasteiger partial charge in [-0.05, 0) is 38.1 Å². The number of aryl methyl sites for hydroxylation is 1. The summed E-state index contributed by atoms with van der Waals surface area (Å²) in [7, 11) is 0. The van der Waals surface area contributed by atoms with Crippen LogP contribution in [0.25, 0.3) is 22.5 Å². The van der Waals surface area contributed by atoms with Crippen molar-refractivity contribution in [1.82, 2.24) is 29.5 Å². The lowest BCUT2D eigenvalue weighted by Gasteiger charge is -2.15. The Bertz CT molecular complexity index is 1410. The predicted molar refractivity (Wildman–Crippen MR) is 124 cm³/mol. The lowest BCUT2D eigenvalue weighted by atomic mass is 10.3. The molecule has 0 fully saturated rings. The van der Waals surface area contributed by atoms with Crippen LogP contribution >= 0.6 is 0 Å². The molecule has 0 saturated heterocycles. The van der Waals surface area contributed by atoms with Crippen molar-refractivity contribution in [3.05, 3.63) is 84.9 Å². The number of nitrogens with zero attached hydrogens (tertiary/aromatic N) is 6. The molecule has 5 rings (SSSR count). The molecule has 1 N–H and O–H groups in total. The molecule has 9 nitrogen and oxygen atoms in total. The van der Waals surface area contributed by atoms with Gasteiger partial charge in [0.1, 0.15) is 17.9 Å². The third kappa shape index (κ3) is 4.03. The number of anilines is 1. The van der Waals surface area contributed by atoms with E-state index >= 15 is 0 Å². The van der Waals surface area contributed by atoms with Crippen molar-refractivity contribution in [2.45, 2.75) is 20.0 Å². The van der Waals surface area contributed by atoms with E-state index < -0.39 is 6.10 Å². The Labute approximate surface area is 189 Å². The molecule has 9 heteroatoms. The molecule has 0 unspecified atom stereocenters. The van der Waals surface area contributed by atoms with Gasteiger partial charge < -0.3 is 10.1 Å². The molecular formula is C24H21N7O2. The van der Waals surface area contributed by atoms with Crippen molar-refractivity contribution in [3.63, 3.8) is 0 Å². The molecule has 0 saturated carbocycles. The highest BCUT2D eigenvalue weighted by molar-refractivity contribution is 5.94. The molecule has 1 amide bonds. The second-order valence-electron chi connectivity index (χ2n) is 7.47. The number of para-hydroxylation sites is 2. The van der Waals surface area contributed by atoms with Gasteiger partial charge in [-0.3, -0.25) is 4.79 Å². The van der Waals surface area contributed by atoms with Gasteiger partial charge in [-0.15, -0.1) is 0 Å². The van der Waals surface area contributed by atoms with Crippen LogP contribution in [0.3, 0.4) is 0 Å². The lowest BCUT2D eigenvalue weighted by Crippen LogP contribution is -2.31. The highest BCUT2D eigenvalue weighted by atomic mass is 16.5. The SMILES string of the molecule is Cc1cc(NC(=O)[C@H](C)Oc2ccccc2)n(-c2ncnc3c2cnn3-c2ccccc2)n1. The maximum atomic E-state index is 12.8. The van der Waals surface area contributed by atoms with E-state index in [9.17, 15) is 4.79 Å². The van der Waals surface area contributed by atoms with Gasteiger partial charge in [-0.25, -0.2) is 14.6 Å². The van der Waals surface area contributed by atoms with Crippen molar-refractivity contribution in [2.75, 3.05) is 5.32 Å². The van der Waals surface area contributed by atoms with E-state index in [4.69, 9.17) is 4.74 Å². The molecule has 0 bridgehead atoms. The van der Waals surface area contributed by atoms with Crippen molar-refractivity contribution >= 4 is 22.8 Å². The van der Waals surface area contributed by atoms with Crippen LogP contribution in [0.4, 0.5) is 5.82 Å². The second-order valence-corrected chi connectivity index (χ2v) is 7.47. The summed E-state index contributed by atoms with van der Waals surface area (Å²) in [6, 6.07) is 20.7. The van der Waals surface area contributed by atoms with Gasteiger partial charge in [0.15, 0.2) is 17.6 Å². The normalized spacial score (nSPS) is 11.9. The van der Waals surface area contributed by atoms with Crippen molar-refractivity contribution in [2.24, 2.45) is 0 Å². The fourth-order valence-electron chi connectivity index (χ4n) is 3.49. The predicted octanol–water partition coefficient (Wildman–Crippen LogP) is 3.72. The number of fused-ring (bicyclic) bond motifs is 1. The number of aromatic nitrogens is 6. The van der Waals surface area contributed by atoms with Gasteiger partial charge in [0.2, 0.25) is 0 Å². The Hall–Kier alpha value is -4.53. The molecule has 0 aliphatic carbocycles. The van der Waals surface area contributed by atoms with E-state index in [1.165, 1.54) is 6.33 Å². The Balaban J connectivity index is 1.47. The summed E-state index contributed by atoms with van der Waals surface area (Å²) in [4.78, 5) is 21.7. The Morgan fingerprint density at radius 1 is 1.00 bits per heavy atom. The Morgan fingerprint density at radius 2 is 1.73 bits per heavy atom. The van der Waals surface area contributed by atoms with E-state index in [2.05, 4.69) is 25.5 Å². The monoisotopic (exact) mass is 439 g/mol. The van der Waals surface area contributed by atoms with Crippen molar-refractivity contribution in [1.29, 1.82) is 0 Å². The van der Waals surface area contributed by atoms with Crippen LogP contribution in [-0.2, 0) is 4.79 Å². The van der Waals surface area contributed by atoms with Gasteiger partial charge in [0, 0.05) is 6.07 Å². The molecule has 0 radical (unpaired) electrons. The van der Waals surface area contributed by atoms with E-state index in [-0.39, 0.29) is 5.91 Å². The van der Waals surface area contributed by atoms with Gasteiger partial charge in [-0.1, -0.05) is 36.4 Å². The van der Waals surface area contributed by atoms with Crippen LogP contribution in [0.2, 0.25) is 0 Å². The molecule has 0 spiro atoms. The topological polar surface area (TPSA) is 99.7 Å². The number of benzene rings is 2. The number of amides is 1. The molecule has 2 aromatic carbocycles. The van der Waals surface area contributed by atoms with E-state index in [1.807, 2.05) is 55.5 Å². The third-order valence-corrected chi connectivity index (χ3v) is 5.05. The van der Waals surface area contributed by atoms with Crippen LogP contribution in [0.5, 0.6) is 5.75 Å². The zero-order valence-electron chi connectivity index (χ0n) is 18.1. The second kappa shape index (κ2) is 8.54. The molecule has 0 aliphatic rings.